The Morgan fingerprint density at radius 1 is 1.02 bits per heavy atom. The highest BCUT2D eigenvalue weighted by atomic mass is 32.2. The van der Waals surface area contributed by atoms with Gasteiger partial charge in [0.25, 0.3) is 11.8 Å². The quantitative estimate of drug-likeness (QED) is 0.333. The summed E-state index contributed by atoms with van der Waals surface area (Å²) < 4.78 is 88.7. The van der Waals surface area contributed by atoms with Crippen LogP contribution in [-0.4, -0.2) is 45.4 Å². The van der Waals surface area contributed by atoms with E-state index in [0.29, 0.717) is 41.4 Å². The predicted octanol–water partition coefficient (Wildman–Crippen LogP) is 6.45. The molecule has 1 aromatic carbocycles. The van der Waals surface area contributed by atoms with Gasteiger partial charge in [0, 0.05) is 17.5 Å². The molecule has 0 amide bonds. The van der Waals surface area contributed by atoms with Crippen molar-refractivity contribution in [2.75, 3.05) is 17.2 Å². The van der Waals surface area contributed by atoms with Crippen LogP contribution in [-0.2, 0) is 5.60 Å². The maximum Gasteiger partial charge on any atom is 0.573 e. The molecule has 3 aromatic rings. The van der Waals surface area contributed by atoms with Crippen molar-refractivity contribution >= 4 is 23.3 Å². The van der Waals surface area contributed by atoms with E-state index in [1.54, 1.807) is 6.07 Å². The van der Waals surface area contributed by atoms with E-state index in [1.807, 2.05) is 0 Å². The molecular weight excluding hydrogens is 564 g/mol. The van der Waals surface area contributed by atoms with E-state index in [9.17, 15) is 31.4 Å². The van der Waals surface area contributed by atoms with Crippen LogP contribution in [0.2, 0.25) is 0 Å². The zero-order valence-corrected chi connectivity index (χ0v) is 21.7. The highest BCUT2D eigenvalue weighted by Gasteiger charge is 2.58. The number of nitrogens with zero attached hydrogens (tertiary/aromatic N) is 4. The number of benzene rings is 1. The third-order valence-corrected chi connectivity index (χ3v) is 7.99. The molecule has 3 N–H and O–H groups in total. The third kappa shape index (κ3) is 5.80. The average Bonchev–Trinajstić information content (AvgIpc) is 3.53. The minimum atomic E-state index is -5.04. The largest absolute Gasteiger partial charge is 0.573 e. The number of halogens is 6. The number of pyridine rings is 1. The van der Waals surface area contributed by atoms with E-state index in [1.165, 1.54) is 36.0 Å². The lowest BCUT2D eigenvalue weighted by atomic mass is 9.94. The Morgan fingerprint density at radius 3 is 2.45 bits per heavy atom. The van der Waals surface area contributed by atoms with E-state index in [2.05, 4.69) is 24.8 Å². The van der Waals surface area contributed by atoms with Gasteiger partial charge in [0.05, 0.1) is 10.6 Å². The van der Waals surface area contributed by atoms with Crippen LogP contribution in [0.15, 0.2) is 44.5 Å². The molecule has 1 fully saturated rings. The van der Waals surface area contributed by atoms with Gasteiger partial charge in [-0.2, -0.15) is 13.2 Å². The average molecular weight is 590 g/mol. The molecule has 1 saturated heterocycles. The van der Waals surface area contributed by atoms with Crippen molar-refractivity contribution in [3.63, 3.8) is 0 Å². The molecule has 1 unspecified atom stereocenters. The van der Waals surface area contributed by atoms with Crippen molar-refractivity contribution in [2.45, 2.75) is 78.9 Å². The lowest BCUT2D eigenvalue weighted by Gasteiger charge is -2.29. The Balaban J connectivity index is 1.56. The molecule has 0 radical (unpaired) electrons. The highest BCUT2D eigenvalue weighted by Crippen LogP contribution is 2.45. The Hall–Kier alpha value is -3.20. The molecule has 0 saturated carbocycles. The van der Waals surface area contributed by atoms with Crippen molar-refractivity contribution in [1.82, 2.24) is 15.2 Å². The van der Waals surface area contributed by atoms with E-state index >= 15 is 0 Å². The zero-order chi connectivity index (χ0) is 28.7. The molecule has 2 aliphatic rings. The first kappa shape index (κ1) is 28.3. The van der Waals surface area contributed by atoms with E-state index in [-0.39, 0.29) is 35.5 Å². The number of nitrogens with two attached hydrogens (primary N) is 1. The number of anilines is 2. The minimum absolute atomic E-state index is 0.0285. The number of nitrogen functional groups attached to an aromatic ring is 1. The lowest BCUT2D eigenvalue weighted by Crippen LogP contribution is -2.42. The SMILES string of the molecule is Nc1cc(Sc2ccc(OC(F)(F)F)cc2)c2nc1-c1nnc(o1)C(O)(C(F)(F)F)CCCCC[C@@H]1CCCN21. The Kier molecular flexibility index (Phi) is 7.54. The summed E-state index contributed by atoms with van der Waals surface area (Å²) >= 11 is 1.22. The number of fused-ring (bicyclic) bond motifs is 7. The maximum absolute atomic E-state index is 13.9. The molecule has 216 valence electrons. The first-order valence-electron chi connectivity index (χ1n) is 12.6. The van der Waals surface area contributed by atoms with Gasteiger partial charge in [-0.15, -0.1) is 23.4 Å². The third-order valence-electron chi connectivity index (χ3n) is 6.96. The van der Waals surface area contributed by atoms with Crippen molar-refractivity contribution in [3.05, 3.63) is 36.2 Å². The second-order valence-corrected chi connectivity index (χ2v) is 10.8. The zero-order valence-electron chi connectivity index (χ0n) is 20.9. The van der Waals surface area contributed by atoms with Gasteiger partial charge in [-0.1, -0.05) is 24.6 Å². The maximum atomic E-state index is 13.9. The monoisotopic (exact) mass is 589 g/mol. The highest BCUT2D eigenvalue weighted by molar-refractivity contribution is 7.99. The summed E-state index contributed by atoms with van der Waals surface area (Å²) in [6.07, 6.45) is -6.85. The number of aliphatic hydroxyl groups is 1. The fraction of sp³-hybridized carbons (Fsp3) is 0.480. The molecule has 2 atom stereocenters. The molecule has 2 aromatic heterocycles. The Bertz CT molecular complexity index is 1350. The van der Waals surface area contributed by atoms with Crippen LogP contribution < -0.4 is 15.4 Å². The van der Waals surface area contributed by atoms with Gasteiger partial charge < -0.3 is 24.9 Å². The molecule has 5 rings (SSSR count). The molecule has 0 aliphatic carbocycles. The fourth-order valence-electron chi connectivity index (χ4n) is 5.00. The van der Waals surface area contributed by atoms with Crippen molar-refractivity contribution < 1.29 is 40.6 Å². The van der Waals surface area contributed by atoms with E-state index in [4.69, 9.17) is 10.2 Å². The normalized spacial score (nSPS) is 22.1. The van der Waals surface area contributed by atoms with E-state index in [0.717, 1.165) is 12.8 Å². The summed E-state index contributed by atoms with van der Waals surface area (Å²) in [6.45, 7) is 0.676. The minimum Gasteiger partial charge on any atom is -0.416 e. The van der Waals surface area contributed by atoms with Crippen LogP contribution in [0, 0.1) is 0 Å². The van der Waals surface area contributed by atoms with Crippen LogP contribution in [0.1, 0.15) is 50.8 Å². The smallest absolute Gasteiger partial charge is 0.416 e. The van der Waals surface area contributed by atoms with Crippen LogP contribution in [0.5, 0.6) is 5.75 Å². The summed E-state index contributed by atoms with van der Waals surface area (Å²) in [5.41, 5.74) is 2.96. The molecule has 0 spiro atoms. The lowest BCUT2D eigenvalue weighted by molar-refractivity contribution is -0.277. The van der Waals surface area contributed by atoms with Crippen LogP contribution in [0.3, 0.4) is 0 Å². The van der Waals surface area contributed by atoms with Gasteiger partial charge in [0.15, 0.2) is 5.69 Å². The van der Waals surface area contributed by atoms with Gasteiger partial charge in [-0.25, -0.2) is 4.98 Å². The van der Waals surface area contributed by atoms with Crippen LogP contribution >= 0.6 is 11.8 Å². The van der Waals surface area contributed by atoms with Gasteiger partial charge in [-0.05, 0) is 62.4 Å². The summed E-state index contributed by atoms with van der Waals surface area (Å²) in [4.78, 5) is 7.96. The van der Waals surface area contributed by atoms with Gasteiger partial charge >= 0.3 is 12.5 Å². The fourth-order valence-corrected chi connectivity index (χ4v) is 5.96. The topological polar surface area (TPSA) is 111 Å². The Labute approximate surface area is 228 Å². The molecule has 2 aliphatic heterocycles. The van der Waals surface area contributed by atoms with Gasteiger partial charge in [0.2, 0.25) is 5.60 Å². The van der Waals surface area contributed by atoms with Crippen molar-refractivity contribution in [3.8, 4) is 17.3 Å². The van der Waals surface area contributed by atoms with Gasteiger partial charge in [-0.3, -0.25) is 0 Å². The summed E-state index contributed by atoms with van der Waals surface area (Å²) in [5, 5.41) is 17.9. The van der Waals surface area contributed by atoms with Crippen molar-refractivity contribution in [1.29, 1.82) is 0 Å². The summed E-state index contributed by atoms with van der Waals surface area (Å²) in [6, 6.07) is 6.96. The molecule has 4 heterocycles. The number of hydrogen-bond acceptors (Lipinski definition) is 9. The predicted molar refractivity (Wildman–Crippen MR) is 133 cm³/mol. The second kappa shape index (κ2) is 10.7. The molecule has 4 bridgehead atoms. The summed E-state index contributed by atoms with van der Waals surface area (Å²) in [7, 11) is 0. The van der Waals surface area contributed by atoms with Gasteiger partial charge in [0.1, 0.15) is 11.6 Å². The van der Waals surface area contributed by atoms with Crippen LogP contribution in [0.25, 0.3) is 11.6 Å². The molecule has 40 heavy (non-hydrogen) atoms. The van der Waals surface area contributed by atoms with Crippen molar-refractivity contribution in [2.24, 2.45) is 0 Å². The number of hydrogen-bond donors (Lipinski definition) is 2. The first-order valence-corrected chi connectivity index (χ1v) is 13.4. The Morgan fingerprint density at radius 2 is 1.75 bits per heavy atom. The summed E-state index contributed by atoms with van der Waals surface area (Å²) in [5.74, 6) is -1.21. The number of ether oxygens (including phenoxy) is 1. The van der Waals surface area contributed by atoms with Crippen LogP contribution in [0.4, 0.5) is 37.8 Å². The molecule has 8 nitrogen and oxygen atoms in total. The number of rotatable bonds is 3. The first-order chi connectivity index (χ1) is 18.8. The number of aromatic nitrogens is 3. The van der Waals surface area contributed by atoms with E-state index < -0.39 is 30.5 Å². The standard InChI is InChI=1S/C25H25F6N5O3S/c26-24(27,28)23(37)11-3-1-2-5-14-6-4-12-36(14)20-18(13-17(32)19(33-20)21-34-35-22(23)38-21)40-16-9-7-15(8-10-16)39-25(29,30)31/h7-10,13-14,37H,1-6,11-12,32H2/t14-,23?/m1/s1. The molecular formula is C25H25F6N5O3S. The second-order valence-electron chi connectivity index (χ2n) is 9.73. The molecule has 15 heteroatoms. The number of alkyl halides is 6.